The molecule has 3 nitrogen and oxygen atoms in total. The number of carbonyl (C=O) groups is 1. The minimum absolute atomic E-state index is 0.305. The van der Waals surface area contributed by atoms with Crippen LogP contribution in [0.4, 0.5) is 0 Å². The first-order chi connectivity index (χ1) is 6.77. The van der Waals surface area contributed by atoms with Crippen LogP contribution < -0.4 is 0 Å². The van der Waals surface area contributed by atoms with Gasteiger partial charge in [0, 0.05) is 30.8 Å². The maximum atomic E-state index is 11.0. The van der Waals surface area contributed by atoms with Gasteiger partial charge in [-0.25, -0.2) is 0 Å². The summed E-state index contributed by atoms with van der Waals surface area (Å²) >= 11 is 0. The van der Waals surface area contributed by atoms with Crippen molar-refractivity contribution in [3.8, 4) is 5.75 Å². The third kappa shape index (κ3) is 1.76. The second kappa shape index (κ2) is 3.78. The zero-order chi connectivity index (χ0) is 9.97. The quantitative estimate of drug-likeness (QED) is 0.738. The normalized spacial score (nSPS) is 18.4. The fourth-order valence-corrected chi connectivity index (χ4v) is 1.96. The molecule has 1 heterocycles. The number of Topliss-reactive ketones (excluding diaryl/α,β-unsaturated/α-hetero) is 1. The van der Waals surface area contributed by atoms with Crippen molar-refractivity contribution in [2.45, 2.75) is 31.6 Å². The summed E-state index contributed by atoms with van der Waals surface area (Å²) in [4.78, 5) is 15.0. The molecule has 1 N–H and O–H groups in total. The van der Waals surface area contributed by atoms with E-state index in [1.54, 1.807) is 18.5 Å². The van der Waals surface area contributed by atoms with Crippen molar-refractivity contribution in [3.63, 3.8) is 0 Å². The molecule has 1 aromatic heterocycles. The lowest BCUT2D eigenvalue weighted by atomic mass is 9.84. The van der Waals surface area contributed by atoms with Gasteiger partial charge in [0.25, 0.3) is 0 Å². The van der Waals surface area contributed by atoms with Crippen LogP contribution in [-0.2, 0) is 4.79 Å². The zero-order valence-corrected chi connectivity index (χ0v) is 7.94. The Morgan fingerprint density at radius 3 is 2.71 bits per heavy atom. The van der Waals surface area contributed by atoms with E-state index in [2.05, 4.69) is 4.98 Å². The molecule has 1 aliphatic carbocycles. The van der Waals surface area contributed by atoms with E-state index >= 15 is 0 Å². The smallest absolute Gasteiger partial charge is 0.132 e. The number of nitrogens with zero attached hydrogens (tertiary/aromatic N) is 1. The standard InChI is InChI=1S/C11H13NO2/c13-9-3-1-8(2-4-9)10-7-12-6-5-11(10)14/h5-8H,1-4H2,(H,12,14). The van der Waals surface area contributed by atoms with Crippen molar-refractivity contribution in [3.05, 3.63) is 24.0 Å². The van der Waals surface area contributed by atoms with Crippen LogP contribution in [0.1, 0.15) is 37.2 Å². The van der Waals surface area contributed by atoms with Gasteiger partial charge in [-0.1, -0.05) is 0 Å². The molecular weight excluding hydrogens is 178 g/mol. The monoisotopic (exact) mass is 191 g/mol. The molecule has 0 aliphatic heterocycles. The van der Waals surface area contributed by atoms with E-state index in [0.29, 0.717) is 30.3 Å². The van der Waals surface area contributed by atoms with Crippen LogP contribution in [0.2, 0.25) is 0 Å². The number of ketones is 1. The SMILES string of the molecule is O=C1CCC(c2cnccc2O)CC1. The third-order valence-corrected chi connectivity index (χ3v) is 2.81. The van der Waals surface area contributed by atoms with Crippen LogP contribution in [-0.4, -0.2) is 15.9 Å². The second-order valence-electron chi connectivity index (χ2n) is 3.75. The molecule has 0 aromatic carbocycles. The summed E-state index contributed by atoms with van der Waals surface area (Å²) in [5.41, 5.74) is 0.889. The molecule has 0 unspecified atom stereocenters. The molecule has 0 amide bonds. The molecule has 1 aliphatic rings. The molecular formula is C11H13NO2. The summed E-state index contributed by atoms with van der Waals surface area (Å²) < 4.78 is 0. The molecule has 1 fully saturated rings. The minimum atomic E-state index is 0.305. The van der Waals surface area contributed by atoms with Crippen molar-refractivity contribution < 1.29 is 9.90 Å². The first kappa shape index (κ1) is 9.19. The van der Waals surface area contributed by atoms with Crippen molar-refractivity contribution >= 4 is 5.78 Å². The van der Waals surface area contributed by atoms with Gasteiger partial charge in [0.1, 0.15) is 11.5 Å². The lowest BCUT2D eigenvalue weighted by Gasteiger charge is -2.21. The van der Waals surface area contributed by atoms with Crippen LogP contribution in [0.3, 0.4) is 0 Å². The second-order valence-corrected chi connectivity index (χ2v) is 3.75. The molecule has 1 aromatic rings. The van der Waals surface area contributed by atoms with Gasteiger partial charge >= 0.3 is 0 Å². The van der Waals surface area contributed by atoms with Crippen molar-refractivity contribution in [1.82, 2.24) is 4.98 Å². The Hall–Kier alpha value is -1.38. The molecule has 3 heteroatoms. The van der Waals surface area contributed by atoms with Crippen molar-refractivity contribution in [1.29, 1.82) is 0 Å². The molecule has 74 valence electrons. The van der Waals surface area contributed by atoms with Gasteiger partial charge in [0.05, 0.1) is 0 Å². The largest absolute Gasteiger partial charge is 0.508 e. The summed E-state index contributed by atoms with van der Waals surface area (Å²) in [6.07, 6.45) is 6.25. The highest BCUT2D eigenvalue weighted by Crippen LogP contribution is 2.34. The number of pyridine rings is 1. The summed E-state index contributed by atoms with van der Waals surface area (Å²) in [5, 5.41) is 9.60. The minimum Gasteiger partial charge on any atom is -0.508 e. The molecule has 1 saturated carbocycles. The van der Waals surface area contributed by atoms with E-state index < -0.39 is 0 Å². The van der Waals surface area contributed by atoms with Gasteiger partial charge < -0.3 is 5.11 Å². The van der Waals surface area contributed by atoms with Crippen LogP contribution in [0.15, 0.2) is 18.5 Å². The predicted molar refractivity (Wildman–Crippen MR) is 52.1 cm³/mol. The first-order valence-electron chi connectivity index (χ1n) is 4.92. The lowest BCUT2D eigenvalue weighted by Crippen LogP contribution is -2.12. The van der Waals surface area contributed by atoms with E-state index in [0.717, 1.165) is 18.4 Å². The van der Waals surface area contributed by atoms with Crippen LogP contribution in [0, 0.1) is 0 Å². The highest BCUT2D eigenvalue weighted by molar-refractivity contribution is 5.79. The summed E-state index contributed by atoms with van der Waals surface area (Å²) in [6.45, 7) is 0. The average molecular weight is 191 g/mol. The predicted octanol–water partition coefficient (Wildman–Crippen LogP) is 2.01. The Morgan fingerprint density at radius 2 is 2.07 bits per heavy atom. The van der Waals surface area contributed by atoms with Crippen molar-refractivity contribution in [2.24, 2.45) is 0 Å². The third-order valence-electron chi connectivity index (χ3n) is 2.81. The molecule has 0 radical (unpaired) electrons. The number of carbonyl (C=O) groups excluding carboxylic acids is 1. The molecule has 2 rings (SSSR count). The van der Waals surface area contributed by atoms with Gasteiger partial charge in [-0.3, -0.25) is 9.78 Å². The molecule has 0 bridgehead atoms. The van der Waals surface area contributed by atoms with Crippen LogP contribution in [0.25, 0.3) is 0 Å². The molecule has 14 heavy (non-hydrogen) atoms. The van der Waals surface area contributed by atoms with E-state index in [-0.39, 0.29) is 0 Å². The van der Waals surface area contributed by atoms with Gasteiger partial charge in [0.2, 0.25) is 0 Å². The van der Waals surface area contributed by atoms with E-state index in [4.69, 9.17) is 0 Å². The Labute approximate surface area is 82.8 Å². The highest BCUT2D eigenvalue weighted by atomic mass is 16.3. The molecule has 0 spiro atoms. The number of hydrogen-bond acceptors (Lipinski definition) is 3. The van der Waals surface area contributed by atoms with Crippen LogP contribution in [0.5, 0.6) is 5.75 Å². The average Bonchev–Trinajstić information content (AvgIpc) is 2.20. The van der Waals surface area contributed by atoms with Crippen molar-refractivity contribution in [2.75, 3.05) is 0 Å². The zero-order valence-electron chi connectivity index (χ0n) is 7.94. The van der Waals surface area contributed by atoms with Gasteiger partial charge in [-0.2, -0.15) is 0 Å². The Morgan fingerprint density at radius 1 is 1.36 bits per heavy atom. The lowest BCUT2D eigenvalue weighted by molar-refractivity contribution is -0.120. The van der Waals surface area contributed by atoms with Crippen LogP contribution >= 0.6 is 0 Å². The summed E-state index contributed by atoms with van der Waals surface area (Å²) in [6, 6.07) is 1.60. The van der Waals surface area contributed by atoms with E-state index in [1.807, 2.05) is 0 Å². The number of rotatable bonds is 1. The maximum Gasteiger partial charge on any atom is 0.132 e. The molecule has 0 atom stereocenters. The van der Waals surface area contributed by atoms with Gasteiger partial charge in [0.15, 0.2) is 0 Å². The summed E-state index contributed by atoms with van der Waals surface area (Å²) in [7, 11) is 0. The fraction of sp³-hybridized carbons (Fsp3) is 0.455. The fourth-order valence-electron chi connectivity index (χ4n) is 1.96. The van der Waals surface area contributed by atoms with E-state index in [1.165, 1.54) is 0 Å². The molecule has 0 saturated heterocycles. The number of aromatic hydroxyl groups is 1. The Bertz CT molecular complexity index is 339. The first-order valence-corrected chi connectivity index (χ1v) is 4.92. The van der Waals surface area contributed by atoms with Gasteiger partial charge in [-0.05, 0) is 24.8 Å². The summed E-state index contributed by atoms with van der Waals surface area (Å²) in [5.74, 6) is 0.949. The number of aromatic nitrogens is 1. The number of hydrogen-bond donors (Lipinski definition) is 1. The maximum absolute atomic E-state index is 11.0. The van der Waals surface area contributed by atoms with E-state index in [9.17, 15) is 9.90 Å². The Balaban J connectivity index is 2.16. The Kier molecular flexibility index (Phi) is 2.48. The van der Waals surface area contributed by atoms with Gasteiger partial charge in [-0.15, -0.1) is 0 Å². The highest BCUT2D eigenvalue weighted by Gasteiger charge is 2.22. The topological polar surface area (TPSA) is 50.2 Å².